The van der Waals surface area contributed by atoms with Crippen LogP contribution in [0.2, 0.25) is 0 Å². The molecule has 1 aromatic heterocycles. The van der Waals surface area contributed by atoms with Gasteiger partial charge in [0.05, 0.1) is 13.7 Å². The minimum absolute atomic E-state index is 0.231. The average molecular weight is 413 g/mol. The van der Waals surface area contributed by atoms with Crippen molar-refractivity contribution in [2.45, 2.75) is 19.9 Å². The van der Waals surface area contributed by atoms with E-state index in [9.17, 15) is 4.79 Å². The van der Waals surface area contributed by atoms with Gasteiger partial charge in [0.25, 0.3) is 0 Å². The summed E-state index contributed by atoms with van der Waals surface area (Å²) < 4.78 is 10.6. The standard InChI is InChI=1S/C21H24N4O3S/c1-4-28-18-11-7-16(8-12-18)14-25(2)21(26)22-20-24-23-19(29-20)13-15-5-9-17(27-3)10-6-15/h5-12H,4,13-14H2,1-3H3,(H,22,24,26). The van der Waals surface area contributed by atoms with Crippen LogP contribution in [0, 0.1) is 0 Å². The number of hydrogen-bond acceptors (Lipinski definition) is 6. The lowest BCUT2D eigenvalue weighted by Gasteiger charge is -2.17. The fraction of sp³-hybridized carbons (Fsp3) is 0.286. The molecule has 8 heteroatoms. The molecule has 0 bridgehead atoms. The lowest BCUT2D eigenvalue weighted by Crippen LogP contribution is -2.30. The highest BCUT2D eigenvalue weighted by molar-refractivity contribution is 7.15. The van der Waals surface area contributed by atoms with E-state index in [-0.39, 0.29) is 6.03 Å². The molecule has 0 aliphatic heterocycles. The van der Waals surface area contributed by atoms with Gasteiger partial charge in [-0.25, -0.2) is 4.79 Å². The first kappa shape index (κ1) is 20.6. The van der Waals surface area contributed by atoms with Crippen LogP contribution in [0.25, 0.3) is 0 Å². The molecule has 0 aliphatic rings. The van der Waals surface area contributed by atoms with Crippen LogP contribution in [-0.4, -0.2) is 41.9 Å². The minimum Gasteiger partial charge on any atom is -0.497 e. The van der Waals surface area contributed by atoms with Crippen LogP contribution < -0.4 is 14.8 Å². The number of carbonyl (C=O) groups is 1. The molecule has 29 heavy (non-hydrogen) atoms. The number of nitrogens with zero attached hydrogens (tertiary/aromatic N) is 3. The Morgan fingerprint density at radius 2 is 1.69 bits per heavy atom. The number of rotatable bonds is 8. The van der Waals surface area contributed by atoms with E-state index in [0.717, 1.165) is 27.6 Å². The Bertz CT molecular complexity index is 926. The quantitative estimate of drug-likeness (QED) is 0.600. The molecule has 0 saturated heterocycles. The highest BCUT2D eigenvalue weighted by atomic mass is 32.1. The number of carbonyl (C=O) groups excluding carboxylic acids is 1. The summed E-state index contributed by atoms with van der Waals surface area (Å²) in [6.07, 6.45) is 0.652. The van der Waals surface area contributed by atoms with E-state index in [1.165, 1.54) is 11.3 Å². The highest BCUT2D eigenvalue weighted by Crippen LogP contribution is 2.21. The van der Waals surface area contributed by atoms with Crippen LogP contribution in [0.5, 0.6) is 11.5 Å². The van der Waals surface area contributed by atoms with E-state index < -0.39 is 0 Å². The Morgan fingerprint density at radius 1 is 1.03 bits per heavy atom. The second-order valence-electron chi connectivity index (χ2n) is 6.39. The Hall–Kier alpha value is -3.13. The molecule has 0 radical (unpaired) electrons. The zero-order chi connectivity index (χ0) is 20.6. The molecule has 152 valence electrons. The first-order valence-electron chi connectivity index (χ1n) is 9.26. The summed E-state index contributed by atoms with van der Waals surface area (Å²) in [5, 5.41) is 12.4. The number of aromatic nitrogens is 2. The summed E-state index contributed by atoms with van der Waals surface area (Å²) >= 11 is 1.37. The van der Waals surface area contributed by atoms with Crippen molar-refractivity contribution in [2.24, 2.45) is 0 Å². The van der Waals surface area contributed by atoms with Crippen molar-refractivity contribution in [1.29, 1.82) is 0 Å². The Kier molecular flexibility index (Phi) is 7.02. The topological polar surface area (TPSA) is 76.6 Å². The Labute approximate surface area is 174 Å². The van der Waals surface area contributed by atoms with E-state index in [1.807, 2.05) is 55.5 Å². The molecule has 0 fully saturated rings. The van der Waals surface area contributed by atoms with Gasteiger partial charge in [-0.3, -0.25) is 5.32 Å². The fourth-order valence-electron chi connectivity index (χ4n) is 2.68. The number of benzene rings is 2. The summed E-state index contributed by atoms with van der Waals surface area (Å²) in [6, 6.07) is 15.3. The van der Waals surface area contributed by atoms with Crippen LogP contribution in [0.1, 0.15) is 23.1 Å². The van der Waals surface area contributed by atoms with Crippen LogP contribution in [0.4, 0.5) is 9.93 Å². The minimum atomic E-state index is -0.231. The SMILES string of the molecule is CCOc1ccc(CN(C)C(=O)Nc2nnc(Cc3ccc(OC)cc3)s2)cc1. The molecule has 3 aromatic rings. The van der Waals surface area contributed by atoms with Gasteiger partial charge < -0.3 is 14.4 Å². The van der Waals surface area contributed by atoms with Crippen molar-refractivity contribution >= 4 is 22.5 Å². The maximum atomic E-state index is 12.4. The van der Waals surface area contributed by atoms with E-state index in [1.54, 1.807) is 19.1 Å². The van der Waals surface area contributed by atoms with Gasteiger partial charge in [0, 0.05) is 20.0 Å². The highest BCUT2D eigenvalue weighted by Gasteiger charge is 2.13. The largest absolute Gasteiger partial charge is 0.497 e. The first-order valence-corrected chi connectivity index (χ1v) is 10.1. The summed E-state index contributed by atoms with van der Waals surface area (Å²) in [5.41, 5.74) is 2.12. The van der Waals surface area contributed by atoms with Crippen molar-refractivity contribution in [2.75, 3.05) is 26.1 Å². The zero-order valence-electron chi connectivity index (χ0n) is 16.7. The number of methoxy groups -OCH3 is 1. The molecule has 0 aliphatic carbocycles. The van der Waals surface area contributed by atoms with Gasteiger partial charge in [-0.1, -0.05) is 35.6 Å². The van der Waals surface area contributed by atoms with E-state index in [4.69, 9.17) is 9.47 Å². The molecule has 0 spiro atoms. The molecule has 2 aromatic carbocycles. The molecule has 0 unspecified atom stereocenters. The third-order valence-electron chi connectivity index (χ3n) is 4.20. The molecule has 2 amide bonds. The Morgan fingerprint density at radius 3 is 2.34 bits per heavy atom. The number of amides is 2. The third-order valence-corrected chi connectivity index (χ3v) is 5.03. The smallest absolute Gasteiger partial charge is 0.323 e. The van der Waals surface area contributed by atoms with Gasteiger partial charge in [0.1, 0.15) is 16.5 Å². The van der Waals surface area contributed by atoms with Crippen molar-refractivity contribution < 1.29 is 14.3 Å². The van der Waals surface area contributed by atoms with E-state index in [0.29, 0.717) is 24.7 Å². The van der Waals surface area contributed by atoms with Crippen molar-refractivity contribution in [3.05, 3.63) is 64.7 Å². The number of ether oxygens (including phenoxy) is 2. The zero-order valence-corrected chi connectivity index (χ0v) is 17.5. The predicted molar refractivity (Wildman–Crippen MR) is 114 cm³/mol. The molecule has 1 N–H and O–H groups in total. The number of nitrogens with one attached hydrogen (secondary N) is 1. The number of urea groups is 1. The summed E-state index contributed by atoms with van der Waals surface area (Å²) in [6.45, 7) is 3.06. The Balaban J connectivity index is 1.53. The molecular formula is C21H24N4O3S. The normalized spacial score (nSPS) is 10.4. The van der Waals surface area contributed by atoms with Crippen molar-refractivity contribution in [3.63, 3.8) is 0 Å². The molecule has 7 nitrogen and oxygen atoms in total. The predicted octanol–water partition coefficient (Wildman–Crippen LogP) is 4.20. The van der Waals surface area contributed by atoms with Gasteiger partial charge in [-0.05, 0) is 42.3 Å². The molecule has 1 heterocycles. The number of anilines is 1. The monoisotopic (exact) mass is 412 g/mol. The van der Waals surface area contributed by atoms with Gasteiger partial charge in [0.15, 0.2) is 0 Å². The third kappa shape index (κ3) is 5.92. The van der Waals surface area contributed by atoms with Crippen LogP contribution in [0.15, 0.2) is 48.5 Å². The van der Waals surface area contributed by atoms with Crippen molar-refractivity contribution in [1.82, 2.24) is 15.1 Å². The van der Waals surface area contributed by atoms with Crippen LogP contribution in [-0.2, 0) is 13.0 Å². The van der Waals surface area contributed by atoms with E-state index >= 15 is 0 Å². The van der Waals surface area contributed by atoms with E-state index in [2.05, 4.69) is 15.5 Å². The maximum Gasteiger partial charge on any atom is 0.323 e. The van der Waals surface area contributed by atoms with Crippen LogP contribution in [0.3, 0.4) is 0 Å². The number of hydrogen-bond donors (Lipinski definition) is 1. The van der Waals surface area contributed by atoms with Crippen LogP contribution >= 0.6 is 11.3 Å². The van der Waals surface area contributed by atoms with Gasteiger partial charge in [-0.2, -0.15) is 0 Å². The summed E-state index contributed by atoms with van der Waals surface area (Å²) in [5.74, 6) is 1.64. The second kappa shape index (κ2) is 9.88. The van der Waals surface area contributed by atoms with Gasteiger partial charge >= 0.3 is 6.03 Å². The lowest BCUT2D eigenvalue weighted by atomic mass is 10.1. The average Bonchev–Trinajstić information content (AvgIpc) is 3.17. The van der Waals surface area contributed by atoms with Crippen molar-refractivity contribution in [3.8, 4) is 11.5 Å². The fourth-order valence-corrected chi connectivity index (χ4v) is 3.45. The lowest BCUT2D eigenvalue weighted by molar-refractivity contribution is 0.220. The molecule has 0 atom stereocenters. The second-order valence-corrected chi connectivity index (χ2v) is 7.45. The van der Waals surface area contributed by atoms with Gasteiger partial charge in [0.2, 0.25) is 5.13 Å². The summed E-state index contributed by atoms with van der Waals surface area (Å²) in [4.78, 5) is 14.0. The molecular weight excluding hydrogens is 388 g/mol. The summed E-state index contributed by atoms with van der Waals surface area (Å²) in [7, 11) is 3.38. The first-order chi connectivity index (χ1) is 14.1. The van der Waals surface area contributed by atoms with Gasteiger partial charge in [-0.15, -0.1) is 10.2 Å². The molecule has 0 saturated carbocycles. The maximum absolute atomic E-state index is 12.4. The molecule has 3 rings (SSSR count).